The van der Waals surface area contributed by atoms with Crippen LogP contribution in [0.4, 0.5) is 51.1 Å². The van der Waals surface area contributed by atoms with Crippen LogP contribution in [0.5, 0.6) is 0 Å². The fraction of sp³-hybridized carbons (Fsp3) is 0.562. The molecule has 0 saturated heterocycles. The molecule has 1 aliphatic carbocycles. The number of anilines is 2. The summed E-state index contributed by atoms with van der Waals surface area (Å²) in [4.78, 5) is 17.9. The Labute approximate surface area is 275 Å². The molecule has 3 aromatic rings. The molecule has 1 saturated carbocycles. The van der Waals surface area contributed by atoms with Gasteiger partial charge in [0.05, 0.1) is 29.8 Å². The first-order valence-electron chi connectivity index (χ1n) is 15.8. The number of aliphatic hydroxyl groups is 1. The number of benzene rings is 2. The molecule has 0 bridgehead atoms. The molecule has 1 aliphatic heterocycles. The van der Waals surface area contributed by atoms with E-state index < -0.39 is 65.3 Å². The van der Waals surface area contributed by atoms with Crippen LogP contribution in [0.2, 0.25) is 0 Å². The number of aromatic nitrogens is 4. The van der Waals surface area contributed by atoms with E-state index in [1.807, 2.05) is 0 Å². The van der Waals surface area contributed by atoms with Crippen LogP contribution < -0.4 is 9.80 Å². The van der Waals surface area contributed by atoms with E-state index in [-0.39, 0.29) is 48.1 Å². The van der Waals surface area contributed by atoms with Crippen LogP contribution in [0.1, 0.15) is 85.7 Å². The third-order valence-corrected chi connectivity index (χ3v) is 9.41. The number of aliphatic hydroxyl groups excluding tert-OH is 1. The van der Waals surface area contributed by atoms with Gasteiger partial charge in [-0.15, -0.1) is 5.10 Å². The number of tetrazole rings is 1. The SMILES string of the molecule is CC[C@@H]1CC(N(Cc2cc(C(F)(F)F)cc(C(F)(F)F)c2)c2nnn(C)n2)c2cc(C(F)(F)F)ccc2N1C(=O)C1CCC(CCO)CC1. The van der Waals surface area contributed by atoms with Gasteiger partial charge >= 0.3 is 18.5 Å². The Hall–Kier alpha value is -3.89. The van der Waals surface area contributed by atoms with Gasteiger partial charge in [-0.25, -0.2) is 0 Å². The number of nitrogens with zero attached hydrogens (tertiary/aromatic N) is 6. The van der Waals surface area contributed by atoms with Gasteiger partial charge < -0.3 is 14.9 Å². The Bertz CT molecular complexity index is 1600. The van der Waals surface area contributed by atoms with Crippen LogP contribution in [0.25, 0.3) is 0 Å². The van der Waals surface area contributed by atoms with E-state index in [4.69, 9.17) is 0 Å². The highest BCUT2D eigenvalue weighted by Gasteiger charge is 2.44. The van der Waals surface area contributed by atoms with E-state index in [2.05, 4.69) is 15.4 Å². The summed E-state index contributed by atoms with van der Waals surface area (Å²) in [6, 6.07) is 2.29. The molecule has 0 spiro atoms. The Kier molecular flexibility index (Phi) is 10.2. The van der Waals surface area contributed by atoms with Gasteiger partial charge in [-0.05, 0) is 104 Å². The van der Waals surface area contributed by atoms with E-state index in [0.717, 1.165) is 16.9 Å². The van der Waals surface area contributed by atoms with Gasteiger partial charge in [-0.3, -0.25) is 4.79 Å². The number of rotatable bonds is 8. The lowest BCUT2D eigenvalue weighted by Crippen LogP contribution is -2.50. The molecule has 8 nitrogen and oxygen atoms in total. The molecular formula is C32H35F9N6O2. The van der Waals surface area contributed by atoms with E-state index in [0.29, 0.717) is 50.7 Å². The fourth-order valence-electron chi connectivity index (χ4n) is 6.94. The molecule has 2 heterocycles. The number of halogens is 9. The van der Waals surface area contributed by atoms with E-state index >= 15 is 0 Å². The fourth-order valence-corrected chi connectivity index (χ4v) is 6.94. The molecular weight excluding hydrogens is 671 g/mol. The number of aryl methyl sites for hydroxylation is 1. The van der Waals surface area contributed by atoms with Crippen molar-refractivity contribution in [1.82, 2.24) is 20.2 Å². The second-order valence-corrected chi connectivity index (χ2v) is 12.6. The monoisotopic (exact) mass is 706 g/mol. The summed E-state index contributed by atoms with van der Waals surface area (Å²) in [5, 5.41) is 21.1. The highest BCUT2D eigenvalue weighted by molar-refractivity contribution is 5.97. The molecule has 1 N–H and O–H groups in total. The molecule has 17 heteroatoms. The minimum Gasteiger partial charge on any atom is -0.396 e. The van der Waals surface area contributed by atoms with Crippen LogP contribution in [0.15, 0.2) is 36.4 Å². The topological polar surface area (TPSA) is 87.4 Å². The van der Waals surface area contributed by atoms with Crippen molar-refractivity contribution in [2.24, 2.45) is 18.9 Å². The third kappa shape index (κ3) is 7.96. The molecule has 268 valence electrons. The van der Waals surface area contributed by atoms with Crippen molar-refractivity contribution in [3.05, 3.63) is 64.2 Å². The third-order valence-electron chi connectivity index (χ3n) is 9.41. The van der Waals surface area contributed by atoms with Gasteiger partial charge in [-0.2, -0.15) is 44.3 Å². The number of hydrogen-bond donors (Lipinski definition) is 1. The summed E-state index contributed by atoms with van der Waals surface area (Å²) >= 11 is 0. The number of amides is 1. The summed E-state index contributed by atoms with van der Waals surface area (Å²) in [5.74, 6) is -0.672. The lowest BCUT2D eigenvalue weighted by atomic mass is 9.79. The summed E-state index contributed by atoms with van der Waals surface area (Å²) in [5.41, 5.74) is -4.43. The van der Waals surface area contributed by atoms with Crippen molar-refractivity contribution in [2.45, 2.75) is 89.0 Å². The van der Waals surface area contributed by atoms with Crippen molar-refractivity contribution < 1.29 is 49.4 Å². The van der Waals surface area contributed by atoms with Gasteiger partial charge in [-0.1, -0.05) is 12.0 Å². The van der Waals surface area contributed by atoms with Crippen LogP contribution in [-0.2, 0) is 36.9 Å². The summed E-state index contributed by atoms with van der Waals surface area (Å²) in [7, 11) is 1.38. The molecule has 49 heavy (non-hydrogen) atoms. The molecule has 2 aliphatic rings. The molecule has 2 atom stereocenters. The van der Waals surface area contributed by atoms with Crippen LogP contribution in [0.3, 0.4) is 0 Å². The average Bonchev–Trinajstić information content (AvgIpc) is 3.47. The van der Waals surface area contributed by atoms with Crippen LogP contribution in [-0.4, -0.2) is 43.9 Å². The standard InChI is InChI=1S/C32H35F9N6O2/c1-3-24-16-27(46(29-42-44-45(2)43-29)17-19-12-22(31(36,37)38)14-23(13-19)32(39,40)41)25-15-21(30(33,34)35)8-9-26(25)47(24)28(49)20-6-4-18(5-7-20)10-11-48/h8-9,12-15,18,20,24,27,48H,3-7,10-11,16-17H2,1-2H3/t18?,20?,24-,27?/m1/s1. The van der Waals surface area contributed by atoms with Crippen molar-refractivity contribution in [3.8, 4) is 0 Å². The Balaban J connectivity index is 1.63. The zero-order valence-corrected chi connectivity index (χ0v) is 26.6. The molecule has 1 aromatic heterocycles. The highest BCUT2D eigenvalue weighted by Crippen LogP contribution is 2.47. The number of alkyl halides is 9. The minimum absolute atomic E-state index is 0.00249. The van der Waals surface area contributed by atoms with Gasteiger partial charge in [0.2, 0.25) is 5.91 Å². The first-order chi connectivity index (χ1) is 22.9. The van der Waals surface area contributed by atoms with E-state index in [9.17, 15) is 49.4 Å². The minimum atomic E-state index is -5.13. The van der Waals surface area contributed by atoms with E-state index in [1.54, 1.807) is 6.92 Å². The highest BCUT2D eigenvalue weighted by atomic mass is 19.4. The van der Waals surface area contributed by atoms with Crippen molar-refractivity contribution in [2.75, 3.05) is 16.4 Å². The quantitative estimate of drug-likeness (QED) is 0.242. The van der Waals surface area contributed by atoms with Gasteiger partial charge in [0.25, 0.3) is 5.95 Å². The van der Waals surface area contributed by atoms with Crippen molar-refractivity contribution in [3.63, 3.8) is 0 Å². The first kappa shape index (κ1) is 36.4. The zero-order valence-electron chi connectivity index (χ0n) is 26.6. The summed E-state index contributed by atoms with van der Waals surface area (Å²) in [6.45, 7) is 1.15. The lowest BCUT2D eigenvalue weighted by molar-refractivity contribution is -0.143. The van der Waals surface area contributed by atoms with Gasteiger partial charge in [0, 0.05) is 30.8 Å². The molecule has 0 radical (unpaired) electrons. The average molecular weight is 707 g/mol. The normalized spacial score (nSPS) is 21.8. The molecule has 1 amide bonds. The Morgan fingerprint density at radius 1 is 0.898 bits per heavy atom. The lowest BCUT2D eigenvalue weighted by Gasteiger charge is -2.46. The maximum Gasteiger partial charge on any atom is 0.416 e. The maximum atomic E-state index is 14.1. The Morgan fingerprint density at radius 3 is 2.02 bits per heavy atom. The van der Waals surface area contributed by atoms with Gasteiger partial charge in [0.15, 0.2) is 0 Å². The van der Waals surface area contributed by atoms with Crippen LogP contribution >= 0.6 is 0 Å². The smallest absolute Gasteiger partial charge is 0.396 e. The molecule has 1 fully saturated rings. The predicted octanol–water partition coefficient (Wildman–Crippen LogP) is 7.72. The number of carbonyl (C=O) groups is 1. The number of fused-ring (bicyclic) bond motifs is 1. The maximum absolute atomic E-state index is 14.1. The molecule has 1 unspecified atom stereocenters. The number of hydrogen-bond acceptors (Lipinski definition) is 6. The molecule has 2 aromatic carbocycles. The van der Waals surface area contributed by atoms with E-state index in [1.165, 1.54) is 22.9 Å². The second kappa shape index (κ2) is 13.8. The summed E-state index contributed by atoms with van der Waals surface area (Å²) in [6.07, 6.45) is -11.7. The Morgan fingerprint density at radius 2 is 1.51 bits per heavy atom. The van der Waals surface area contributed by atoms with Crippen molar-refractivity contribution >= 4 is 17.5 Å². The number of carbonyl (C=O) groups excluding carboxylic acids is 1. The second-order valence-electron chi connectivity index (χ2n) is 12.6. The zero-order chi connectivity index (χ0) is 35.9. The first-order valence-corrected chi connectivity index (χ1v) is 15.8. The van der Waals surface area contributed by atoms with Crippen molar-refractivity contribution in [1.29, 1.82) is 0 Å². The van der Waals surface area contributed by atoms with Gasteiger partial charge in [0.1, 0.15) is 0 Å². The predicted molar refractivity (Wildman–Crippen MR) is 159 cm³/mol. The summed E-state index contributed by atoms with van der Waals surface area (Å²) < 4.78 is 125. The van der Waals surface area contributed by atoms with Crippen LogP contribution in [0, 0.1) is 11.8 Å². The largest absolute Gasteiger partial charge is 0.416 e. The molecule has 5 rings (SSSR count).